The number of alkyl carbamates (subject to hydrolysis) is 1. The molecule has 7 nitrogen and oxygen atoms in total. The Kier molecular flexibility index (Phi) is 16.8. The molecule has 0 fully saturated rings. The Morgan fingerprint density at radius 3 is 2.14 bits per heavy atom. The van der Waals surface area contributed by atoms with Gasteiger partial charge in [-0.1, -0.05) is 126 Å². The summed E-state index contributed by atoms with van der Waals surface area (Å²) in [6, 6.07) is 13.1. The number of carboxylic acids is 1. The first-order chi connectivity index (χ1) is 21.5. The summed E-state index contributed by atoms with van der Waals surface area (Å²) in [7, 11) is 0. The second-order valence-corrected chi connectivity index (χ2v) is 12.8. The van der Waals surface area contributed by atoms with Gasteiger partial charge in [0, 0.05) is 17.9 Å². The van der Waals surface area contributed by atoms with Gasteiger partial charge in [0.1, 0.15) is 19.3 Å². The lowest BCUT2D eigenvalue weighted by Gasteiger charge is -2.15. The lowest BCUT2D eigenvalue weighted by atomic mass is 10.0. The van der Waals surface area contributed by atoms with Crippen LogP contribution in [0.15, 0.2) is 42.5 Å². The molecule has 8 heteroatoms. The summed E-state index contributed by atoms with van der Waals surface area (Å²) < 4.78 is 10.7. The van der Waals surface area contributed by atoms with Gasteiger partial charge in [-0.15, -0.1) is 0 Å². The van der Waals surface area contributed by atoms with Gasteiger partial charge in [0.15, 0.2) is 0 Å². The molecule has 0 radical (unpaired) electrons. The Labute approximate surface area is 267 Å². The van der Waals surface area contributed by atoms with E-state index in [0.717, 1.165) is 42.4 Å². The number of unbranched alkanes of at least 4 members (excludes halogenated alkanes) is 12. The van der Waals surface area contributed by atoms with E-state index < -0.39 is 18.1 Å². The van der Waals surface area contributed by atoms with Crippen molar-refractivity contribution in [3.05, 3.63) is 59.2 Å². The van der Waals surface area contributed by atoms with Crippen LogP contribution in [0.5, 0.6) is 0 Å². The van der Waals surface area contributed by atoms with Gasteiger partial charge >= 0.3 is 18.0 Å². The summed E-state index contributed by atoms with van der Waals surface area (Å²) >= 11 is 1.32. The van der Waals surface area contributed by atoms with Crippen molar-refractivity contribution in [1.29, 1.82) is 0 Å². The highest BCUT2D eigenvalue weighted by Crippen LogP contribution is 2.38. The molecule has 44 heavy (non-hydrogen) atoms. The fourth-order valence-corrected chi connectivity index (χ4v) is 6.46. The van der Waals surface area contributed by atoms with Crippen LogP contribution in [0.25, 0.3) is 11.1 Å². The zero-order valence-electron chi connectivity index (χ0n) is 26.5. The minimum absolute atomic E-state index is 0.0671. The predicted molar refractivity (Wildman–Crippen MR) is 178 cm³/mol. The Balaban J connectivity index is 1.20. The molecule has 0 saturated carbocycles. The highest BCUT2D eigenvalue weighted by Gasteiger charge is 2.23. The van der Waals surface area contributed by atoms with Crippen LogP contribution in [0.2, 0.25) is 0 Å². The van der Waals surface area contributed by atoms with Gasteiger partial charge in [0.2, 0.25) is 0 Å². The summed E-state index contributed by atoms with van der Waals surface area (Å²) in [6.45, 7) is 2.54. The van der Waals surface area contributed by atoms with Gasteiger partial charge in [-0.25, -0.2) is 9.59 Å². The summed E-state index contributed by atoms with van der Waals surface area (Å²) in [4.78, 5) is 36.1. The number of esters is 1. The molecule has 0 aliphatic heterocycles. The number of aliphatic carboxylic acids is 1. The molecular weight excluding hydrogens is 574 g/mol. The molecule has 2 aromatic carbocycles. The van der Waals surface area contributed by atoms with Crippen LogP contribution in [0, 0.1) is 0 Å². The first-order valence-corrected chi connectivity index (χ1v) is 17.7. The molecule has 0 spiro atoms. The van der Waals surface area contributed by atoms with Crippen molar-refractivity contribution in [1.82, 2.24) is 5.32 Å². The quantitative estimate of drug-likeness (QED) is 0.0803. The number of carboxylic acid groups (broad SMARTS) is 1. The van der Waals surface area contributed by atoms with Gasteiger partial charge in [0.25, 0.3) is 0 Å². The molecule has 1 aliphatic carbocycles. The van der Waals surface area contributed by atoms with Gasteiger partial charge in [-0.3, -0.25) is 4.79 Å². The molecule has 242 valence electrons. The van der Waals surface area contributed by atoms with E-state index in [0.29, 0.717) is 12.2 Å². The number of fused-ring (bicyclic) bond motifs is 3. The lowest BCUT2D eigenvalue weighted by Crippen LogP contribution is -2.43. The first-order valence-electron chi connectivity index (χ1n) is 16.6. The summed E-state index contributed by atoms with van der Waals surface area (Å²) in [5.74, 6) is -0.733. The lowest BCUT2D eigenvalue weighted by molar-refractivity contribution is -0.143. The van der Waals surface area contributed by atoms with E-state index in [1.54, 1.807) is 0 Å². The molecule has 1 amide bonds. The average Bonchev–Trinajstić information content (AvgIpc) is 3.41. The topological polar surface area (TPSA) is 102 Å². The van der Waals surface area contributed by atoms with Gasteiger partial charge in [-0.2, -0.15) is 11.8 Å². The van der Waals surface area contributed by atoms with Crippen molar-refractivity contribution in [2.75, 3.05) is 18.1 Å². The number of carbonyl (C=O) groups excluding carboxylic acids is 2. The minimum atomic E-state index is -1.13. The first kappa shape index (κ1) is 35.5. The molecule has 0 bridgehead atoms. The van der Waals surface area contributed by atoms with Crippen molar-refractivity contribution in [2.45, 2.75) is 116 Å². The number of rotatable bonds is 23. The summed E-state index contributed by atoms with van der Waals surface area (Å²) in [5, 5.41) is 12.0. The van der Waals surface area contributed by atoms with Gasteiger partial charge < -0.3 is 19.9 Å². The second kappa shape index (κ2) is 20.9. The van der Waals surface area contributed by atoms with E-state index in [2.05, 4.69) is 30.4 Å². The van der Waals surface area contributed by atoms with Crippen LogP contribution in [0.3, 0.4) is 0 Å². The zero-order chi connectivity index (χ0) is 31.4. The van der Waals surface area contributed by atoms with Crippen LogP contribution in [0.4, 0.5) is 4.79 Å². The fourth-order valence-electron chi connectivity index (χ4n) is 5.64. The highest BCUT2D eigenvalue weighted by atomic mass is 32.2. The second-order valence-electron chi connectivity index (χ2n) is 11.7. The molecular formula is C36H51NO6S. The van der Waals surface area contributed by atoms with Crippen molar-refractivity contribution in [2.24, 2.45) is 0 Å². The number of thioether (sulfide) groups is 1. The largest absolute Gasteiger partial charge is 0.480 e. The van der Waals surface area contributed by atoms with Crippen molar-refractivity contribution < 1.29 is 29.0 Å². The van der Waals surface area contributed by atoms with Crippen molar-refractivity contribution in [3.63, 3.8) is 0 Å². The monoisotopic (exact) mass is 625 g/mol. The molecule has 2 aromatic rings. The number of carbonyl (C=O) groups is 3. The van der Waals surface area contributed by atoms with E-state index >= 15 is 0 Å². The van der Waals surface area contributed by atoms with Gasteiger partial charge in [0.05, 0.1) is 0 Å². The standard InChI is InChI=1S/C36H51NO6S/c1-2-3-4-5-6-7-8-9-10-11-12-13-14-22-34(38)42-23-24-44-27-33(35(39)40)37-36(41)43-26-29-19-17-21-31-30-20-16-15-18-28(30)25-32(29)31/h15-21,33H,2-14,22-27H2,1H3,(H,37,41)(H,39,40)/t33-/m0/s1. The van der Waals surface area contributed by atoms with Crippen LogP contribution in [-0.2, 0) is 32.1 Å². The SMILES string of the molecule is CCCCCCCCCCCCCCCC(=O)OCCSC[C@H](NC(=O)OCc1cccc2c1Cc1ccccc1-2)C(=O)O. The third-order valence-electron chi connectivity index (χ3n) is 8.16. The number of hydrogen-bond acceptors (Lipinski definition) is 6. The van der Waals surface area contributed by atoms with Crippen LogP contribution in [-0.4, -0.2) is 47.3 Å². The van der Waals surface area contributed by atoms with E-state index in [4.69, 9.17) is 9.47 Å². The normalized spacial score (nSPS) is 12.3. The van der Waals surface area contributed by atoms with Crippen molar-refractivity contribution in [3.8, 4) is 11.1 Å². The third kappa shape index (κ3) is 12.9. The number of ether oxygens (including phenoxy) is 2. The molecule has 1 aliphatic rings. The predicted octanol–water partition coefficient (Wildman–Crippen LogP) is 8.69. The van der Waals surface area contributed by atoms with Crippen LogP contribution in [0.1, 0.15) is 114 Å². The Morgan fingerprint density at radius 2 is 1.45 bits per heavy atom. The maximum atomic E-state index is 12.4. The minimum Gasteiger partial charge on any atom is -0.480 e. The molecule has 0 heterocycles. The molecule has 0 saturated heterocycles. The number of nitrogens with one attached hydrogen (secondary N) is 1. The maximum absolute atomic E-state index is 12.4. The number of hydrogen-bond donors (Lipinski definition) is 2. The van der Waals surface area contributed by atoms with E-state index in [1.165, 1.54) is 87.1 Å². The molecule has 0 unspecified atom stereocenters. The van der Waals surface area contributed by atoms with Crippen LogP contribution >= 0.6 is 11.8 Å². The molecule has 3 rings (SSSR count). The van der Waals surface area contributed by atoms with Gasteiger partial charge in [-0.05, 0) is 40.7 Å². The van der Waals surface area contributed by atoms with Crippen molar-refractivity contribution >= 4 is 29.8 Å². The molecule has 0 aromatic heterocycles. The maximum Gasteiger partial charge on any atom is 0.408 e. The van der Waals surface area contributed by atoms with E-state index in [1.807, 2.05) is 24.3 Å². The third-order valence-corrected chi connectivity index (χ3v) is 9.18. The van der Waals surface area contributed by atoms with Crippen LogP contribution < -0.4 is 5.32 Å². The number of benzene rings is 2. The number of amides is 1. The highest BCUT2D eigenvalue weighted by molar-refractivity contribution is 7.99. The smallest absolute Gasteiger partial charge is 0.408 e. The Morgan fingerprint density at radius 1 is 0.818 bits per heavy atom. The Bertz CT molecular complexity index is 1170. The average molecular weight is 626 g/mol. The summed E-state index contributed by atoms with van der Waals surface area (Å²) in [5.41, 5.74) is 5.63. The Hall–Kier alpha value is -3.00. The van der Waals surface area contributed by atoms with E-state index in [-0.39, 0.29) is 24.9 Å². The molecule has 1 atom stereocenters. The summed E-state index contributed by atoms with van der Waals surface area (Å²) in [6.07, 6.45) is 16.8. The molecule has 2 N–H and O–H groups in total. The fraction of sp³-hybridized carbons (Fsp3) is 0.583. The van der Waals surface area contributed by atoms with E-state index in [9.17, 15) is 19.5 Å². The zero-order valence-corrected chi connectivity index (χ0v) is 27.3.